The molecule has 3 aliphatic rings. The quantitative estimate of drug-likeness (QED) is 0.767. The Kier molecular flexibility index (Phi) is 4.82. The Morgan fingerprint density at radius 2 is 1.85 bits per heavy atom. The molecule has 4 rings (SSSR count). The number of benzene rings is 1. The first-order valence-corrected chi connectivity index (χ1v) is 9.20. The third kappa shape index (κ3) is 3.17. The van der Waals surface area contributed by atoms with Gasteiger partial charge in [0.15, 0.2) is 0 Å². The van der Waals surface area contributed by atoms with Crippen molar-refractivity contribution >= 4 is 17.5 Å². The number of hydrogen-bond donors (Lipinski definition) is 0. The number of nitrogens with zero attached hydrogens (tertiary/aromatic N) is 3. The number of fused-ring (bicyclic) bond motifs is 3. The van der Waals surface area contributed by atoms with Crippen LogP contribution in [0.3, 0.4) is 0 Å². The van der Waals surface area contributed by atoms with Crippen LogP contribution in [0.1, 0.15) is 10.4 Å². The summed E-state index contributed by atoms with van der Waals surface area (Å²) in [5.41, 5.74) is 1.65. The number of anilines is 1. The van der Waals surface area contributed by atoms with Gasteiger partial charge in [0.05, 0.1) is 44.0 Å². The maximum Gasteiger partial charge on any atom is 0.256 e. The summed E-state index contributed by atoms with van der Waals surface area (Å²) in [5.74, 6) is -0.219. The second kappa shape index (κ2) is 7.25. The molecule has 7 nitrogen and oxygen atoms in total. The van der Waals surface area contributed by atoms with Crippen LogP contribution in [0.5, 0.6) is 0 Å². The summed E-state index contributed by atoms with van der Waals surface area (Å²) in [6, 6.07) is 7.66. The number of likely N-dealkylation sites (N-methyl/N-ethyl adjacent to an activating group) is 1. The molecule has 3 aliphatic heterocycles. The zero-order chi connectivity index (χ0) is 18.1. The van der Waals surface area contributed by atoms with Crippen LogP contribution in [-0.4, -0.2) is 87.3 Å². The van der Waals surface area contributed by atoms with Gasteiger partial charge in [0.25, 0.3) is 5.91 Å². The van der Waals surface area contributed by atoms with Crippen LogP contribution in [0.4, 0.5) is 5.69 Å². The maximum absolute atomic E-state index is 13.4. The summed E-state index contributed by atoms with van der Waals surface area (Å²) < 4.78 is 11.1. The molecule has 1 aromatic carbocycles. The normalized spacial score (nSPS) is 26.7. The molecule has 0 N–H and O–H groups in total. The summed E-state index contributed by atoms with van der Waals surface area (Å²) in [7, 11) is 1.81. The largest absolute Gasteiger partial charge is 0.378 e. The molecule has 140 valence electrons. The van der Waals surface area contributed by atoms with E-state index in [1.54, 1.807) is 4.90 Å². The Morgan fingerprint density at radius 3 is 2.65 bits per heavy atom. The van der Waals surface area contributed by atoms with Gasteiger partial charge in [-0.15, -0.1) is 0 Å². The number of hydrogen-bond acceptors (Lipinski definition) is 5. The number of carbonyl (C=O) groups is 2. The highest BCUT2D eigenvalue weighted by Gasteiger charge is 2.39. The maximum atomic E-state index is 13.4. The third-order valence-electron chi connectivity index (χ3n) is 5.52. The summed E-state index contributed by atoms with van der Waals surface area (Å²) in [5, 5.41) is 0. The number of ether oxygens (including phenoxy) is 2. The van der Waals surface area contributed by atoms with Gasteiger partial charge in [-0.25, -0.2) is 0 Å². The molecule has 0 radical (unpaired) electrons. The van der Waals surface area contributed by atoms with Gasteiger partial charge in [-0.3, -0.25) is 9.59 Å². The van der Waals surface area contributed by atoms with Crippen LogP contribution in [0.2, 0.25) is 0 Å². The van der Waals surface area contributed by atoms with Crippen LogP contribution in [0, 0.1) is 5.92 Å². The van der Waals surface area contributed by atoms with Crippen molar-refractivity contribution in [3.63, 3.8) is 0 Å². The number of carbonyl (C=O) groups excluding carboxylic acids is 2. The molecular weight excluding hydrogens is 334 g/mol. The number of amides is 2. The Labute approximate surface area is 153 Å². The summed E-state index contributed by atoms with van der Waals surface area (Å²) >= 11 is 0. The minimum absolute atomic E-state index is 0.00732. The molecule has 2 amide bonds. The minimum Gasteiger partial charge on any atom is -0.378 e. The van der Waals surface area contributed by atoms with Crippen LogP contribution in [0.25, 0.3) is 0 Å². The predicted octanol–water partition coefficient (Wildman–Crippen LogP) is 0.452. The van der Waals surface area contributed by atoms with Gasteiger partial charge in [-0.2, -0.15) is 0 Å². The van der Waals surface area contributed by atoms with E-state index in [0.29, 0.717) is 45.1 Å². The number of rotatable bonds is 2. The van der Waals surface area contributed by atoms with E-state index >= 15 is 0 Å². The van der Waals surface area contributed by atoms with Crippen molar-refractivity contribution < 1.29 is 19.1 Å². The first kappa shape index (κ1) is 17.3. The monoisotopic (exact) mass is 359 g/mol. The summed E-state index contributed by atoms with van der Waals surface area (Å²) in [6.45, 7) is 4.70. The molecule has 0 spiro atoms. The molecule has 2 bridgehead atoms. The average Bonchev–Trinajstić information content (AvgIpc) is 2.87. The third-order valence-corrected chi connectivity index (χ3v) is 5.52. The van der Waals surface area contributed by atoms with Crippen LogP contribution >= 0.6 is 0 Å². The smallest absolute Gasteiger partial charge is 0.256 e. The molecule has 0 aliphatic carbocycles. The SMILES string of the molecule is CN1C(=O)[C@H]2COC[C@@H]1CN(C(=O)c1ccccc1N1CCOCC1)C2. The van der Waals surface area contributed by atoms with Crippen molar-refractivity contribution in [2.24, 2.45) is 5.92 Å². The van der Waals surface area contributed by atoms with Crippen molar-refractivity contribution in [2.75, 3.05) is 64.6 Å². The van der Waals surface area contributed by atoms with Crippen molar-refractivity contribution in [1.82, 2.24) is 9.80 Å². The molecule has 26 heavy (non-hydrogen) atoms. The highest BCUT2D eigenvalue weighted by molar-refractivity contribution is 6.00. The molecule has 0 saturated carbocycles. The lowest BCUT2D eigenvalue weighted by Crippen LogP contribution is -2.45. The number of para-hydroxylation sites is 1. The lowest BCUT2D eigenvalue weighted by atomic mass is 10.1. The van der Waals surface area contributed by atoms with Gasteiger partial charge in [0.1, 0.15) is 0 Å². The number of morpholine rings is 1. The van der Waals surface area contributed by atoms with Crippen LogP contribution in [0.15, 0.2) is 24.3 Å². The highest BCUT2D eigenvalue weighted by atomic mass is 16.5. The van der Waals surface area contributed by atoms with Gasteiger partial charge >= 0.3 is 0 Å². The second-order valence-corrected chi connectivity index (χ2v) is 7.16. The highest BCUT2D eigenvalue weighted by Crippen LogP contribution is 2.26. The lowest BCUT2D eigenvalue weighted by molar-refractivity contribution is -0.133. The van der Waals surface area contributed by atoms with E-state index in [0.717, 1.165) is 18.8 Å². The fraction of sp³-hybridized carbons (Fsp3) is 0.579. The Bertz CT molecular complexity index is 689. The Balaban J connectivity index is 1.61. The molecule has 1 aromatic rings. The van der Waals surface area contributed by atoms with Crippen molar-refractivity contribution in [3.8, 4) is 0 Å². The van der Waals surface area contributed by atoms with Crippen LogP contribution in [-0.2, 0) is 14.3 Å². The van der Waals surface area contributed by atoms with E-state index in [4.69, 9.17) is 9.47 Å². The summed E-state index contributed by atoms with van der Waals surface area (Å²) in [4.78, 5) is 31.7. The fourth-order valence-electron chi connectivity index (χ4n) is 3.97. The van der Waals surface area contributed by atoms with E-state index in [1.807, 2.05) is 36.2 Å². The van der Waals surface area contributed by atoms with E-state index in [-0.39, 0.29) is 23.8 Å². The summed E-state index contributed by atoms with van der Waals surface area (Å²) in [6.07, 6.45) is 0. The minimum atomic E-state index is -0.285. The van der Waals surface area contributed by atoms with E-state index < -0.39 is 0 Å². The average molecular weight is 359 g/mol. The van der Waals surface area contributed by atoms with Gasteiger partial charge in [0.2, 0.25) is 5.91 Å². The molecule has 3 saturated heterocycles. The van der Waals surface area contributed by atoms with Crippen molar-refractivity contribution in [2.45, 2.75) is 6.04 Å². The zero-order valence-corrected chi connectivity index (χ0v) is 15.1. The molecule has 7 heteroatoms. The Morgan fingerprint density at radius 1 is 1.08 bits per heavy atom. The molecule has 0 aromatic heterocycles. The topological polar surface area (TPSA) is 62.3 Å². The van der Waals surface area contributed by atoms with E-state index in [1.165, 1.54) is 0 Å². The molecule has 3 fully saturated rings. The predicted molar refractivity (Wildman–Crippen MR) is 96.2 cm³/mol. The Hall–Kier alpha value is -2.12. The van der Waals surface area contributed by atoms with Crippen molar-refractivity contribution in [1.29, 1.82) is 0 Å². The van der Waals surface area contributed by atoms with Crippen LogP contribution < -0.4 is 4.90 Å². The standard InChI is InChI=1S/C19H25N3O4/c1-20-15-11-22(10-14(18(20)23)12-26-13-15)19(24)16-4-2-3-5-17(16)21-6-8-25-9-7-21/h2-5,14-15H,6-13H2,1H3/t14-,15+/m1/s1. The van der Waals surface area contributed by atoms with Gasteiger partial charge in [-0.05, 0) is 12.1 Å². The molecule has 3 heterocycles. The van der Waals surface area contributed by atoms with Gasteiger partial charge < -0.3 is 24.2 Å². The zero-order valence-electron chi connectivity index (χ0n) is 15.1. The molecular formula is C19H25N3O4. The molecule has 2 atom stereocenters. The first-order valence-electron chi connectivity index (χ1n) is 9.20. The van der Waals surface area contributed by atoms with Gasteiger partial charge in [0, 0.05) is 38.9 Å². The fourth-order valence-corrected chi connectivity index (χ4v) is 3.97. The lowest BCUT2D eigenvalue weighted by Gasteiger charge is -2.33. The van der Waals surface area contributed by atoms with Crippen molar-refractivity contribution in [3.05, 3.63) is 29.8 Å². The van der Waals surface area contributed by atoms with E-state index in [2.05, 4.69) is 4.90 Å². The first-order chi connectivity index (χ1) is 12.6. The second-order valence-electron chi connectivity index (χ2n) is 7.16. The molecule has 0 unspecified atom stereocenters. The van der Waals surface area contributed by atoms with E-state index in [9.17, 15) is 9.59 Å². The van der Waals surface area contributed by atoms with Gasteiger partial charge in [-0.1, -0.05) is 12.1 Å².